The molecule has 15 heteroatoms. The summed E-state index contributed by atoms with van der Waals surface area (Å²) in [5, 5.41) is 0. The SMILES string of the molecule is COCCCc1cn(C)c2cccnc12.COCCCc1nc(C)c2ccccn12.COCCCc1nc(C)n2ccccc12.COCCCc1ncc2ccccn12.COCCCc1ncn2ccccc12. The van der Waals surface area contributed by atoms with Gasteiger partial charge in [-0.3, -0.25) is 4.98 Å². The number of hydrogen-bond donors (Lipinski definition) is 0. The molecule has 10 rings (SSSR count). The van der Waals surface area contributed by atoms with Crippen LogP contribution in [0.3, 0.4) is 0 Å². The first-order chi connectivity index (χ1) is 35.8. The van der Waals surface area contributed by atoms with Crippen molar-refractivity contribution in [2.75, 3.05) is 68.6 Å². The van der Waals surface area contributed by atoms with Gasteiger partial charge in [-0.25, -0.2) is 19.9 Å². The largest absolute Gasteiger partial charge is 0.385 e. The summed E-state index contributed by atoms with van der Waals surface area (Å²) in [5.74, 6) is 3.29. The third-order valence-electron chi connectivity index (χ3n) is 12.3. The van der Waals surface area contributed by atoms with Crippen LogP contribution in [0.15, 0.2) is 135 Å². The zero-order valence-corrected chi connectivity index (χ0v) is 44.3. The minimum Gasteiger partial charge on any atom is -0.385 e. The molecule has 0 saturated carbocycles. The molecule has 0 aliphatic heterocycles. The van der Waals surface area contributed by atoms with Gasteiger partial charge in [-0.05, 0) is 131 Å². The van der Waals surface area contributed by atoms with E-state index in [1.54, 1.807) is 35.5 Å². The van der Waals surface area contributed by atoms with Crippen LogP contribution in [0.25, 0.3) is 33.1 Å². The van der Waals surface area contributed by atoms with E-state index in [1.165, 1.54) is 33.3 Å². The van der Waals surface area contributed by atoms with Crippen molar-refractivity contribution < 1.29 is 23.7 Å². The standard InChI is InChI=1S/3C12H16N2O.2C11H14N2O/c1-14-9-10(5-4-8-15-2)12-11(14)6-3-7-13-12;1-10-13-11(6-5-9-15-2)12-7-3-4-8-14(10)12;1-10-11-6-3-4-8-14(11)12(13-10)7-5-9-15-2;1-14-8-4-5-10-11-6-2-3-7-13(11)9-12-10;1-14-8-4-6-11-12-9-10-5-2-3-7-13(10)11/h3,6-7,9H,4-5,8H2,1-2H3;3-4,7-8H,5-6,9H2,1-2H3;3-4,6,8H,5,7,9H2,1-2H3;2-3,6-7,9H,4-5,8H2,1H3;2-3,5,7,9H,4,6,8H2,1H3. The molecule has 0 unspecified atom stereocenters. The fraction of sp³-hybridized carbons (Fsp3) is 0.397. The summed E-state index contributed by atoms with van der Waals surface area (Å²) in [6.45, 7) is 8.07. The predicted octanol–water partition coefficient (Wildman–Crippen LogP) is 10.4. The highest BCUT2D eigenvalue weighted by molar-refractivity contribution is 5.79. The third-order valence-corrected chi connectivity index (χ3v) is 12.3. The zero-order chi connectivity index (χ0) is 51.6. The van der Waals surface area contributed by atoms with E-state index in [9.17, 15) is 0 Å². The lowest BCUT2D eigenvalue weighted by Gasteiger charge is -2.00. The molecule has 0 aromatic carbocycles. The van der Waals surface area contributed by atoms with E-state index in [1.807, 2.05) is 91.0 Å². The lowest BCUT2D eigenvalue weighted by atomic mass is 10.1. The molecule has 10 aromatic rings. The second kappa shape index (κ2) is 30.3. The Balaban J connectivity index is 0.000000149. The van der Waals surface area contributed by atoms with E-state index in [0.717, 1.165) is 137 Å². The fourth-order valence-corrected chi connectivity index (χ4v) is 8.67. The summed E-state index contributed by atoms with van der Waals surface area (Å²) in [5.41, 5.74) is 11.8. The van der Waals surface area contributed by atoms with Crippen LogP contribution >= 0.6 is 0 Å². The normalized spacial score (nSPS) is 11.0. The molecule has 0 spiro atoms. The maximum absolute atomic E-state index is 5.06. The van der Waals surface area contributed by atoms with E-state index in [0.29, 0.717) is 0 Å². The summed E-state index contributed by atoms with van der Waals surface area (Å²) < 4.78 is 35.8. The van der Waals surface area contributed by atoms with Gasteiger partial charge in [-0.2, -0.15) is 0 Å². The lowest BCUT2D eigenvalue weighted by molar-refractivity contribution is 0.194. The highest BCUT2D eigenvalue weighted by Crippen LogP contribution is 2.20. The Morgan fingerprint density at radius 2 is 1.01 bits per heavy atom. The molecule has 0 aliphatic rings. The molecule has 0 N–H and O–H groups in total. The van der Waals surface area contributed by atoms with Gasteiger partial charge in [0.25, 0.3) is 0 Å². The summed E-state index contributed by atoms with van der Waals surface area (Å²) in [4.78, 5) is 22.3. The molecule has 0 radical (unpaired) electrons. The number of ether oxygens (including phenoxy) is 5. The number of pyridine rings is 5. The van der Waals surface area contributed by atoms with E-state index in [-0.39, 0.29) is 0 Å². The molecule has 0 aliphatic carbocycles. The number of aromatic nitrogens is 10. The highest BCUT2D eigenvalue weighted by atomic mass is 16.5. The van der Waals surface area contributed by atoms with Crippen LogP contribution in [0.1, 0.15) is 72.2 Å². The van der Waals surface area contributed by atoms with Gasteiger partial charge in [0.05, 0.1) is 62.7 Å². The van der Waals surface area contributed by atoms with Gasteiger partial charge in [-0.1, -0.05) is 24.3 Å². The Morgan fingerprint density at radius 3 is 1.70 bits per heavy atom. The van der Waals surface area contributed by atoms with Gasteiger partial charge < -0.3 is 45.9 Å². The molecule has 0 bridgehead atoms. The average Bonchev–Trinajstić information content (AvgIpc) is 4.25. The van der Waals surface area contributed by atoms with Crippen molar-refractivity contribution in [3.8, 4) is 0 Å². The Hall–Kier alpha value is -6.75. The van der Waals surface area contributed by atoms with Gasteiger partial charge in [-0.15, -0.1) is 0 Å². The second-order valence-corrected chi connectivity index (χ2v) is 17.6. The van der Waals surface area contributed by atoms with Crippen molar-refractivity contribution in [3.05, 3.63) is 175 Å². The minimum absolute atomic E-state index is 0.792. The predicted molar refractivity (Wildman–Crippen MR) is 292 cm³/mol. The van der Waals surface area contributed by atoms with E-state index < -0.39 is 0 Å². The average molecular weight is 993 g/mol. The number of hydrogen-bond acceptors (Lipinski definition) is 10. The van der Waals surface area contributed by atoms with Gasteiger partial charge in [0.2, 0.25) is 0 Å². The first kappa shape index (κ1) is 55.6. The number of imidazole rings is 4. The van der Waals surface area contributed by atoms with Gasteiger partial charge >= 0.3 is 0 Å². The highest BCUT2D eigenvalue weighted by Gasteiger charge is 2.09. The summed E-state index contributed by atoms with van der Waals surface area (Å²) in [6.07, 6.45) is 26.0. The van der Waals surface area contributed by atoms with Crippen LogP contribution < -0.4 is 0 Å². The number of aryl methyl sites for hydroxylation is 8. The van der Waals surface area contributed by atoms with Crippen molar-refractivity contribution in [2.45, 2.75) is 78.1 Å². The Bertz CT molecular complexity index is 2850. The topological polar surface area (TPSA) is 133 Å². The number of rotatable bonds is 20. The van der Waals surface area contributed by atoms with Crippen LogP contribution in [0.2, 0.25) is 0 Å². The van der Waals surface area contributed by atoms with Crippen LogP contribution in [0.4, 0.5) is 0 Å². The lowest BCUT2D eigenvalue weighted by Crippen LogP contribution is -1.97. The van der Waals surface area contributed by atoms with Gasteiger partial charge in [0, 0.05) is 126 Å². The molecule has 0 atom stereocenters. The summed E-state index contributed by atoms with van der Waals surface area (Å²) >= 11 is 0. The summed E-state index contributed by atoms with van der Waals surface area (Å²) in [6, 6.07) is 28.7. The van der Waals surface area contributed by atoms with Crippen molar-refractivity contribution in [2.24, 2.45) is 7.05 Å². The van der Waals surface area contributed by atoms with Crippen LogP contribution in [-0.2, 0) is 62.8 Å². The number of methoxy groups -OCH3 is 5. The molecule has 0 saturated heterocycles. The molecular formula is C58H76N10O5. The van der Waals surface area contributed by atoms with Crippen molar-refractivity contribution in [1.82, 2.24) is 47.1 Å². The van der Waals surface area contributed by atoms with Crippen molar-refractivity contribution >= 4 is 33.1 Å². The van der Waals surface area contributed by atoms with Crippen molar-refractivity contribution in [1.29, 1.82) is 0 Å². The van der Waals surface area contributed by atoms with Crippen LogP contribution in [-0.4, -0.2) is 116 Å². The van der Waals surface area contributed by atoms with Gasteiger partial charge in [0.15, 0.2) is 0 Å². The minimum atomic E-state index is 0.792. The Morgan fingerprint density at radius 1 is 0.466 bits per heavy atom. The maximum atomic E-state index is 5.06. The molecule has 388 valence electrons. The van der Waals surface area contributed by atoms with Crippen LogP contribution in [0, 0.1) is 13.8 Å². The quantitative estimate of drug-likeness (QED) is 0.0680. The molecular weight excluding hydrogens is 917 g/mol. The van der Waals surface area contributed by atoms with E-state index in [2.05, 4.69) is 112 Å². The first-order valence-electron chi connectivity index (χ1n) is 25.3. The molecule has 10 aromatic heterocycles. The molecule has 15 nitrogen and oxygen atoms in total. The zero-order valence-electron chi connectivity index (χ0n) is 44.3. The molecule has 10 heterocycles. The monoisotopic (exact) mass is 993 g/mol. The third kappa shape index (κ3) is 16.1. The van der Waals surface area contributed by atoms with Crippen molar-refractivity contribution in [3.63, 3.8) is 0 Å². The Kier molecular flexibility index (Phi) is 23.1. The van der Waals surface area contributed by atoms with E-state index in [4.69, 9.17) is 23.7 Å². The molecule has 0 fully saturated rings. The molecule has 73 heavy (non-hydrogen) atoms. The second-order valence-electron chi connectivity index (χ2n) is 17.6. The smallest absolute Gasteiger partial charge is 0.113 e. The number of fused-ring (bicyclic) bond motifs is 5. The number of nitrogens with zero attached hydrogens (tertiary/aromatic N) is 10. The Labute approximate surface area is 430 Å². The first-order valence-corrected chi connectivity index (χ1v) is 25.3. The maximum Gasteiger partial charge on any atom is 0.113 e. The van der Waals surface area contributed by atoms with Gasteiger partial charge in [0.1, 0.15) is 17.5 Å². The summed E-state index contributed by atoms with van der Waals surface area (Å²) in [7, 11) is 10.7. The fourth-order valence-electron chi connectivity index (χ4n) is 8.67. The molecule has 0 amide bonds. The van der Waals surface area contributed by atoms with E-state index >= 15 is 0 Å². The van der Waals surface area contributed by atoms with Crippen LogP contribution in [0.5, 0.6) is 0 Å².